The van der Waals surface area contributed by atoms with Crippen molar-refractivity contribution >= 4 is 46.6 Å². The van der Waals surface area contributed by atoms with E-state index in [4.69, 9.17) is 11.6 Å². The Hall–Kier alpha value is -2.18. The number of anilines is 2. The van der Waals surface area contributed by atoms with Crippen molar-refractivity contribution < 1.29 is 9.59 Å². The molecule has 1 aliphatic heterocycles. The Morgan fingerprint density at radius 1 is 1.17 bits per heavy atom. The average Bonchev–Trinajstić information content (AvgIpc) is 2.69. The molecule has 3 rings (SSSR count). The Morgan fingerprint density at radius 3 is 2.66 bits per heavy atom. The zero-order valence-electron chi connectivity index (χ0n) is 16.6. The normalized spacial score (nSPS) is 15.4. The summed E-state index contributed by atoms with van der Waals surface area (Å²) in [6, 6.07) is 12.8. The van der Waals surface area contributed by atoms with Gasteiger partial charge in [0.15, 0.2) is 0 Å². The maximum atomic E-state index is 12.5. The lowest BCUT2D eigenvalue weighted by Gasteiger charge is -2.27. The molecule has 154 valence electrons. The van der Waals surface area contributed by atoms with Crippen LogP contribution in [0, 0.1) is 5.92 Å². The topological polar surface area (TPSA) is 70.2 Å². The molecule has 29 heavy (non-hydrogen) atoms. The summed E-state index contributed by atoms with van der Waals surface area (Å²) in [6.45, 7) is 4.89. The zero-order chi connectivity index (χ0) is 20.8. The Bertz CT molecular complexity index is 871. The summed E-state index contributed by atoms with van der Waals surface area (Å²) in [6.07, 6.45) is 0.935. The number of amides is 2. The Morgan fingerprint density at radius 2 is 1.93 bits per heavy atom. The van der Waals surface area contributed by atoms with Gasteiger partial charge in [-0.2, -0.15) is 11.8 Å². The van der Waals surface area contributed by atoms with E-state index in [1.54, 1.807) is 23.9 Å². The summed E-state index contributed by atoms with van der Waals surface area (Å²) in [5.74, 6) is 1.79. The highest BCUT2D eigenvalue weighted by Gasteiger charge is 2.26. The van der Waals surface area contributed by atoms with Crippen LogP contribution in [0.3, 0.4) is 0 Å². The maximum Gasteiger partial charge on any atom is 0.251 e. The molecule has 5 nitrogen and oxygen atoms in total. The molecule has 7 heteroatoms. The van der Waals surface area contributed by atoms with Gasteiger partial charge < -0.3 is 16.0 Å². The van der Waals surface area contributed by atoms with Gasteiger partial charge in [-0.15, -0.1) is 0 Å². The molecule has 0 bridgehead atoms. The van der Waals surface area contributed by atoms with Crippen LogP contribution in [0.2, 0.25) is 5.02 Å². The number of benzene rings is 2. The van der Waals surface area contributed by atoms with Crippen molar-refractivity contribution in [3.8, 4) is 0 Å². The first-order valence-electron chi connectivity index (χ1n) is 9.74. The van der Waals surface area contributed by atoms with Crippen LogP contribution in [0.1, 0.15) is 36.2 Å². The van der Waals surface area contributed by atoms with Gasteiger partial charge in [-0.3, -0.25) is 9.59 Å². The van der Waals surface area contributed by atoms with E-state index in [0.29, 0.717) is 29.5 Å². The summed E-state index contributed by atoms with van der Waals surface area (Å²) in [7, 11) is 0. The van der Waals surface area contributed by atoms with Crippen LogP contribution in [-0.2, 0) is 10.5 Å². The third-order valence-corrected chi connectivity index (χ3v) is 6.02. The Labute approximate surface area is 181 Å². The number of hydrogen-bond acceptors (Lipinski definition) is 4. The van der Waals surface area contributed by atoms with Crippen LogP contribution in [0.5, 0.6) is 0 Å². The third-order valence-electron chi connectivity index (χ3n) is 4.66. The lowest BCUT2D eigenvalue weighted by atomic mass is 10.1. The molecule has 0 radical (unpaired) electrons. The number of fused-ring (bicyclic) bond motifs is 1. The van der Waals surface area contributed by atoms with Gasteiger partial charge in [0.1, 0.15) is 6.04 Å². The first kappa shape index (κ1) is 21.5. The first-order valence-corrected chi connectivity index (χ1v) is 11.3. The van der Waals surface area contributed by atoms with E-state index >= 15 is 0 Å². The smallest absolute Gasteiger partial charge is 0.251 e. The van der Waals surface area contributed by atoms with Gasteiger partial charge in [-0.25, -0.2) is 0 Å². The Kier molecular flexibility index (Phi) is 7.45. The molecule has 0 spiro atoms. The van der Waals surface area contributed by atoms with Gasteiger partial charge in [0.2, 0.25) is 5.91 Å². The molecule has 0 fully saturated rings. The van der Waals surface area contributed by atoms with E-state index in [1.807, 2.05) is 30.3 Å². The summed E-state index contributed by atoms with van der Waals surface area (Å²) < 4.78 is 0. The number of thioether (sulfide) groups is 1. The van der Waals surface area contributed by atoms with Crippen molar-refractivity contribution in [1.82, 2.24) is 5.32 Å². The van der Waals surface area contributed by atoms with Crippen molar-refractivity contribution in [3.05, 3.63) is 58.6 Å². The molecular formula is C22H26ClN3O2S. The van der Waals surface area contributed by atoms with Crippen LogP contribution >= 0.6 is 23.4 Å². The highest BCUT2D eigenvalue weighted by atomic mass is 35.5. The molecule has 2 amide bonds. The van der Waals surface area contributed by atoms with Gasteiger partial charge >= 0.3 is 0 Å². The van der Waals surface area contributed by atoms with Crippen molar-refractivity contribution in [3.63, 3.8) is 0 Å². The molecule has 2 aromatic carbocycles. The fourth-order valence-electron chi connectivity index (χ4n) is 2.96. The van der Waals surface area contributed by atoms with Crippen molar-refractivity contribution in [2.24, 2.45) is 5.92 Å². The minimum Gasteiger partial charge on any atom is -0.371 e. The van der Waals surface area contributed by atoms with Crippen LogP contribution in [0.4, 0.5) is 11.4 Å². The van der Waals surface area contributed by atoms with Gasteiger partial charge in [0.05, 0.1) is 11.4 Å². The fourth-order valence-corrected chi connectivity index (χ4v) is 4.10. The predicted molar refractivity (Wildman–Crippen MR) is 122 cm³/mol. The fraction of sp³-hybridized carbons (Fsp3) is 0.364. The lowest BCUT2D eigenvalue weighted by molar-refractivity contribution is -0.116. The van der Waals surface area contributed by atoms with Gasteiger partial charge in [0, 0.05) is 28.6 Å². The molecule has 0 aromatic heterocycles. The third kappa shape index (κ3) is 6.15. The van der Waals surface area contributed by atoms with E-state index < -0.39 is 0 Å². The lowest BCUT2D eigenvalue weighted by Crippen LogP contribution is -2.40. The quantitative estimate of drug-likeness (QED) is 0.562. The van der Waals surface area contributed by atoms with Crippen LogP contribution in [0.25, 0.3) is 0 Å². The van der Waals surface area contributed by atoms with E-state index in [-0.39, 0.29) is 17.9 Å². The molecule has 0 aliphatic carbocycles. The van der Waals surface area contributed by atoms with Crippen LogP contribution in [0.15, 0.2) is 42.5 Å². The SMILES string of the molecule is CC(C)CCNC(=O)c1ccc2c(c1)NC(=O)C(CSCc1ccc(Cl)cc1)N2. The van der Waals surface area contributed by atoms with E-state index in [0.717, 1.165) is 22.9 Å². The van der Waals surface area contributed by atoms with Crippen molar-refractivity contribution in [2.75, 3.05) is 22.9 Å². The second kappa shape index (κ2) is 10.0. The predicted octanol–water partition coefficient (Wildman–Crippen LogP) is 4.78. The molecule has 0 saturated heterocycles. The standard InChI is InChI=1S/C22H26ClN3O2S/c1-14(2)9-10-24-21(27)16-5-8-18-19(11-16)26-22(28)20(25-18)13-29-12-15-3-6-17(23)7-4-15/h3-8,11,14,20,25H,9-10,12-13H2,1-2H3,(H,24,27)(H,26,28). The molecule has 2 aromatic rings. The van der Waals surface area contributed by atoms with E-state index in [1.165, 1.54) is 5.56 Å². The Balaban J connectivity index is 1.54. The van der Waals surface area contributed by atoms with Crippen molar-refractivity contribution in [2.45, 2.75) is 32.1 Å². The number of nitrogens with one attached hydrogen (secondary N) is 3. The minimum absolute atomic E-state index is 0.0847. The van der Waals surface area contributed by atoms with Gasteiger partial charge in [-0.1, -0.05) is 37.6 Å². The van der Waals surface area contributed by atoms with Gasteiger partial charge in [0.25, 0.3) is 5.91 Å². The molecule has 1 aliphatic rings. The highest BCUT2D eigenvalue weighted by Crippen LogP contribution is 2.29. The first-order chi connectivity index (χ1) is 13.9. The maximum absolute atomic E-state index is 12.5. The largest absolute Gasteiger partial charge is 0.371 e. The highest BCUT2D eigenvalue weighted by molar-refractivity contribution is 7.98. The number of rotatable bonds is 8. The monoisotopic (exact) mass is 431 g/mol. The zero-order valence-corrected chi connectivity index (χ0v) is 18.2. The number of hydrogen-bond donors (Lipinski definition) is 3. The summed E-state index contributed by atoms with van der Waals surface area (Å²) >= 11 is 7.59. The second-order valence-corrected chi connectivity index (χ2v) is 8.99. The van der Waals surface area contributed by atoms with Gasteiger partial charge in [-0.05, 0) is 48.2 Å². The molecule has 3 N–H and O–H groups in total. The molecule has 1 unspecified atom stereocenters. The summed E-state index contributed by atoms with van der Waals surface area (Å²) in [5.41, 5.74) is 3.19. The second-order valence-electron chi connectivity index (χ2n) is 7.53. The minimum atomic E-state index is -0.314. The number of halogens is 1. The summed E-state index contributed by atoms with van der Waals surface area (Å²) in [4.78, 5) is 24.8. The average molecular weight is 432 g/mol. The van der Waals surface area contributed by atoms with E-state index in [9.17, 15) is 9.59 Å². The molecular weight excluding hydrogens is 406 g/mol. The molecule has 1 atom stereocenters. The number of carbonyl (C=O) groups excluding carboxylic acids is 2. The molecule has 0 saturated carbocycles. The number of carbonyl (C=O) groups is 2. The summed E-state index contributed by atoms with van der Waals surface area (Å²) in [5, 5.41) is 9.84. The van der Waals surface area contributed by atoms with Crippen LogP contribution < -0.4 is 16.0 Å². The van der Waals surface area contributed by atoms with E-state index in [2.05, 4.69) is 29.8 Å². The van der Waals surface area contributed by atoms with Crippen molar-refractivity contribution in [1.29, 1.82) is 0 Å². The van der Waals surface area contributed by atoms with Crippen LogP contribution in [-0.4, -0.2) is 30.2 Å². The molecule has 1 heterocycles.